The lowest BCUT2D eigenvalue weighted by atomic mass is 10.1. The van der Waals surface area contributed by atoms with Crippen molar-refractivity contribution in [3.05, 3.63) is 0 Å². The van der Waals surface area contributed by atoms with Gasteiger partial charge in [0.25, 0.3) is 0 Å². The second-order valence-electron chi connectivity index (χ2n) is 5.16. The zero-order valence-electron chi connectivity index (χ0n) is 11.8. The van der Waals surface area contributed by atoms with Gasteiger partial charge < -0.3 is 16.0 Å². The van der Waals surface area contributed by atoms with Crippen molar-refractivity contribution in [2.45, 2.75) is 30.4 Å². The molecule has 6 nitrogen and oxygen atoms in total. The fraction of sp³-hybridized carbons (Fsp3) is 0.750. The van der Waals surface area contributed by atoms with Crippen LogP contribution in [0.4, 0.5) is 17.8 Å². The van der Waals surface area contributed by atoms with Gasteiger partial charge in [0.2, 0.25) is 17.8 Å². The van der Waals surface area contributed by atoms with Crippen LogP contribution >= 0.6 is 11.8 Å². The van der Waals surface area contributed by atoms with Crippen LogP contribution in [0.25, 0.3) is 0 Å². The Kier molecular flexibility index (Phi) is 4.34. The minimum atomic E-state index is 0.255. The molecule has 1 saturated carbocycles. The lowest BCUT2D eigenvalue weighted by molar-refractivity contribution is 0.637. The van der Waals surface area contributed by atoms with Crippen molar-refractivity contribution in [1.29, 1.82) is 0 Å². The molecular weight excluding hydrogens is 260 g/mol. The Balaban J connectivity index is 2.06. The minimum absolute atomic E-state index is 0.255. The Labute approximate surface area is 118 Å². The van der Waals surface area contributed by atoms with Gasteiger partial charge in [0.1, 0.15) is 0 Å². The number of anilines is 3. The van der Waals surface area contributed by atoms with Gasteiger partial charge >= 0.3 is 0 Å². The van der Waals surface area contributed by atoms with Crippen molar-refractivity contribution >= 4 is 29.6 Å². The molecule has 1 aromatic rings. The first kappa shape index (κ1) is 14.2. The van der Waals surface area contributed by atoms with E-state index in [1.165, 1.54) is 25.7 Å². The Morgan fingerprint density at radius 2 is 1.95 bits per heavy atom. The van der Waals surface area contributed by atoms with Gasteiger partial charge in [-0.05, 0) is 19.1 Å². The predicted octanol–water partition coefficient (Wildman–Crippen LogP) is 1.61. The van der Waals surface area contributed by atoms with Crippen molar-refractivity contribution < 1.29 is 0 Å². The smallest absolute Gasteiger partial charge is 0.231 e. The summed E-state index contributed by atoms with van der Waals surface area (Å²) in [4.78, 5) is 14.4. The molecule has 0 unspecified atom stereocenters. The number of hydrogen-bond donors (Lipinski definition) is 2. The molecule has 1 aliphatic rings. The second-order valence-corrected chi connectivity index (χ2v) is 6.43. The third kappa shape index (κ3) is 3.40. The van der Waals surface area contributed by atoms with Gasteiger partial charge in [0, 0.05) is 25.4 Å². The molecule has 3 N–H and O–H groups in total. The van der Waals surface area contributed by atoms with Gasteiger partial charge in [-0.1, -0.05) is 12.8 Å². The van der Waals surface area contributed by atoms with Gasteiger partial charge in [0.05, 0.1) is 0 Å². The molecule has 0 aliphatic heterocycles. The van der Waals surface area contributed by atoms with Crippen LogP contribution in [0, 0.1) is 0 Å². The fourth-order valence-electron chi connectivity index (χ4n) is 2.37. The van der Waals surface area contributed by atoms with Gasteiger partial charge in [-0.3, -0.25) is 0 Å². The molecule has 0 bridgehead atoms. The quantitative estimate of drug-likeness (QED) is 0.849. The zero-order chi connectivity index (χ0) is 13.9. The van der Waals surface area contributed by atoms with Gasteiger partial charge in [-0.25, -0.2) is 0 Å². The predicted molar refractivity (Wildman–Crippen MR) is 81.8 cm³/mol. The number of hydrogen-bond acceptors (Lipinski definition) is 7. The summed E-state index contributed by atoms with van der Waals surface area (Å²) in [5.41, 5.74) is 5.71. The van der Waals surface area contributed by atoms with E-state index < -0.39 is 0 Å². The second kappa shape index (κ2) is 5.81. The highest BCUT2D eigenvalue weighted by atomic mass is 32.2. The largest absolute Gasteiger partial charge is 0.368 e. The summed E-state index contributed by atoms with van der Waals surface area (Å²) in [5, 5.41) is 3.32. The Morgan fingerprint density at radius 1 is 1.26 bits per heavy atom. The Bertz CT molecular complexity index is 430. The first-order valence-corrected chi connectivity index (χ1v) is 7.75. The molecule has 1 aliphatic carbocycles. The maximum Gasteiger partial charge on any atom is 0.231 e. The molecule has 0 atom stereocenters. The van der Waals surface area contributed by atoms with E-state index in [0.29, 0.717) is 16.6 Å². The molecule has 7 heteroatoms. The average Bonchev–Trinajstić information content (AvgIpc) is 2.85. The molecular formula is C12H22N6S. The molecule has 106 valence electrons. The number of nitrogens with two attached hydrogens (primary N) is 1. The Morgan fingerprint density at radius 3 is 2.53 bits per heavy atom. The van der Waals surface area contributed by atoms with Crippen molar-refractivity contribution in [3.8, 4) is 0 Å². The summed E-state index contributed by atoms with van der Waals surface area (Å²) in [6.07, 6.45) is 7.31. The van der Waals surface area contributed by atoms with Crippen LogP contribution < -0.4 is 16.0 Å². The number of nitrogen functional groups attached to an aromatic ring is 1. The molecule has 0 saturated heterocycles. The van der Waals surface area contributed by atoms with Crippen molar-refractivity contribution in [1.82, 2.24) is 15.0 Å². The summed E-state index contributed by atoms with van der Waals surface area (Å²) >= 11 is 1.94. The molecule has 0 spiro atoms. The highest BCUT2D eigenvalue weighted by molar-refractivity contribution is 8.00. The standard InChI is InChI=1S/C12H22N6S/c1-18(2)11-16-9(13)15-10(17-11)14-8-12(19-3)6-4-5-7-12/h4-8H2,1-3H3,(H3,13,14,15,16,17). The van der Waals surface area contributed by atoms with Crippen LogP contribution in [-0.2, 0) is 0 Å². The minimum Gasteiger partial charge on any atom is -0.368 e. The molecule has 1 fully saturated rings. The van der Waals surface area contributed by atoms with Crippen LogP contribution in [0.2, 0.25) is 0 Å². The molecule has 19 heavy (non-hydrogen) atoms. The van der Waals surface area contributed by atoms with Crippen LogP contribution in [0.5, 0.6) is 0 Å². The van der Waals surface area contributed by atoms with Crippen LogP contribution in [0.3, 0.4) is 0 Å². The molecule has 0 aromatic carbocycles. The van der Waals surface area contributed by atoms with Gasteiger partial charge in [0.15, 0.2) is 0 Å². The maximum absolute atomic E-state index is 5.71. The molecule has 1 aromatic heterocycles. The SMILES string of the molecule is CSC1(CNc2nc(N)nc(N(C)C)n2)CCCC1. The monoisotopic (exact) mass is 282 g/mol. The van der Waals surface area contributed by atoms with Gasteiger partial charge in [-0.15, -0.1) is 0 Å². The lowest BCUT2D eigenvalue weighted by Crippen LogP contribution is -2.31. The lowest BCUT2D eigenvalue weighted by Gasteiger charge is -2.27. The van der Waals surface area contributed by atoms with E-state index in [1.54, 1.807) is 0 Å². The summed E-state index contributed by atoms with van der Waals surface area (Å²) in [6.45, 7) is 0.879. The molecule has 0 amide bonds. The topological polar surface area (TPSA) is 80.0 Å². The van der Waals surface area contributed by atoms with Crippen molar-refractivity contribution in [2.75, 3.05) is 42.8 Å². The number of nitrogens with one attached hydrogen (secondary N) is 1. The third-order valence-electron chi connectivity index (χ3n) is 3.56. The Hall–Kier alpha value is -1.24. The first-order chi connectivity index (χ1) is 9.04. The summed E-state index contributed by atoms with van der Waals surface area (Å²) < 4.78 is 0.319. The highest BCUT2D eigenvalue weighted by Crippen LogP contribution is 2.40. The van der Waals surface area contributed by atoms with Crippen LogP contribution in [0.15, 0.2) is 0 Å². The van der Waals surface area contributed by atoms with Crippen LogP contribution in [0.1, 0.15) is 25.7 Å². The number of nitrogens with zero attached hydrogens (tertiary/aromatic N) is 4. The number of rotatable bonds is 5. The summed E-state index contributed by atoms with van der Waals surface area (Å²) in [5.74, 6) is 1.40. The fourth-order valence-corrected chi connectivity index (χ4v) is 3.29. The van der Waals surface area contributed by atoms with Crippen LogP contribution in [-0.4, -0.2) is 46.6 Å². The van der Waals surface area contributed by atoms with E-state index >= 15 is 0 Å². The van der Waals surface area contributed by atoms with E-state index in [9.17, 15) is 0 Å². The van der Waals surface area contributed by atoms with E-state index in [0.717, 1.165) is 6.54 Å². The van der Waals surface area contributed by atoms with E-state index in [-0.39, 0.29) is 5.95 Å². The average molecular weight is 282 g/mol. The molecule has 2 rings (SSSR count). The first-order valence-electron chi connectivity index (χ1n) is 6.52. The number of aromatic nitrogens is 3. The zero-order valence-corrected chi connectivity index (χ0v) is 12.6. The summed E-state index contributed by atoms with van der Waals surface area (Å²) in [7, 11) is 3.78. The number of thioether (sulfide) groups is 1. The van der Waals surface area contributed by atoms with E-state index in [2.05, 4.69) is 26.5 Å². The van der Waals surface area contributed by atoms with E-state index in [4.69, 9.17) is 5.73 Å². The third-order valence-corrected chi connectivity index (χ3v) is 4.98. The van der Waals surface area contributed by atoms with Crippen molar-refractivity contribution in [3.63, 3.8) is 0 Å². The van der Waals surface area contributed by atoms with Crippen molar-refractivity contribution in [2.24, 2.45) is 0 Å². The van der Waals surface area contributed by atoms with Gasteiger partial charge in [-0.2, -0.15) is 26.7 Å². The molecule has 0 radical (unpaired) electrons. The maximum atomic E-state index is 5.71. The summed E-state index contributed by atoms with van der Waals surface area (Å²) in [6, 6.07) is 0. The highest BCUT2D eigenvalue weighted by Gasteiger charge is 2.32. The molecule has 1 heterocycles. The normalized spacial score (nSPS) is 17.4. The van der Waals surface area contributed by atoms with E-state index in [1.807, 2.05) is 30.8 Å².